The minimum Gasteiger partial charge on any atom is -0.325 e. The number of carbonyl (C=O) groups is 1. The maximum Gasteiger partial charge on any atom is 0.282 e. The first-order valence-corrected chi connectivity index (χ1v) is 9.92. The number of fused-ring (bicyclic) bond motifs is 1. The Bertz CT molecular complexity index is 1200. The Morgan fingerprint density at radius 2 is 1.66 bits per heavy atom. The van der Waals surface area contributed by atoms with E-state index in [2.05, 4.69) is 20.3 Å². The highest BCUT2D eigenvalue weighted by Gasteiger charge is 2.15. The third-order valence-corrected chi connectivity index (χ3v) is 5.11. The van der Waals surface area contributed by atoms with Crippen molar-refractivity contribution in [3.8, 4) is 0 Å². The van der Waals surface area contributed by atoms with Crippen LogP contribution in [0.25, 0.3) is 11.2 Å². The van der Waals surface area contributed by atoms with Crippen LogP contribution in [0.4, 0.5) is 5.69 Å². The lowest BCUT2D eigenvalue weighted by Crippen LogP contribution is -2.25. The van der Waals surface area contributed by atoms with Crippen LogP contribution in [0.15, 0.2) is 83.0 Å². The molecule has 7 nitrogen and oxygen atoms in total. The van der Waals surface area contributed by atoms with Crippen molar-refractivity contribution in [2.45, 2.75) is 11.7 Å². The normalized spacial score (nSPS) is 10.8. The number of nitrogens with one attached hydrogen (secondary N) is 1. The smallest absolute Gasteiger partial charge is 0.282 e. The van der Waals surface area contributed by atoms with E-state index in [9.17, 15) is 9.59 Å². The Labute approximate surface area is 170 Å². The molecule has 0 fully saturated rings. The summed E-state index contributed by atoms with van der Waals surface area (Å²) in [6.45, 7) is 0.335. The molecular weight excluding hydrogens is 386 g/mol. The second kappa shape index (κ2) is 8.66. The lowest BCUT2D eigenvalue weighted by atomic mass is 10.2. The Balaban J connectivity index is 1.62. The van der Waals surface area contributed by atoms with E-state index in [1.807, 2.05) is 60.7 Å². The van der Waals surface area contributed by atoms with Gasteiger partial charge in [-0.15, -0.1) is 0 Å². The molecule has 0 aliphatic heterocycles. The van der Waals surface area contributed by atoms with Gasteiger partial charge in [-0.25, -0.2) is 15.0 Å². The summed E-state index contributed by atoms with van der Waals surface area (Å²) in [6, 6.07) is 18.8. The van der Waals surface area contributed by atoms with Gasteiger partial charge in [0, 0.05) is 18.1 Å². The summed E-state index contributed by atoms with van der Waals surface area (Å²) in [6.07, 6.45) is 2.96. The minimum atomic E-state index is -0.280. The SMILES string of the molecule is O=C(CSc1nc2nccnc2c(=O)n1Cc1ccccc1)Nc1ccccc1. The second-order valence-corrected chi connectivity index (χ2v) is 7.15. The molecule has 0 radical (unpaired) electrons. The number of carbonyl (C=O) groups excluding carboxylic acids is 1. The molecule has 0 saturated carbocycles. The van der Waals surface area contributed by atoms with Crippen molar-refractivity contribution < 1.29 is 4.79 Å². The van der Waals surface area contributed by atoms with E-state index < -0.39 is 0 Å². The van der Waals surface area contributed by atoms with Crippen molar-refractivity contribution >= 4 is 34.5 Å². The molecule has 2 heterocycles. The van der Waals surface area contributed by atoms with Crippen LogP contribution in [0.5, 0.6) is 0 Å². The average molecular weight is 403 g/mol. The number of amides is 1. The third kappa shape index (κ3) is 4.49. The van der Waals surface area contributed by atoms with Gasteiger partial charge < -0.3 is 5.32 Å². The van der Waals surface area contributed by atoms with Crippen molar-refractivity contribution in [1.29, 1.82) is 0 Å². The molecule has 0 bridgehead atoms. The molecule has 0 atom stereocenters. The Hall–Kier alpha value is -3.52. The molecule has 4 rings (SSSR count). The predicted molar refractivity (Wildman–Crippen MR) is 113 cm³/mol. The quantitative estimate of drug-likeness (QED) is 0.393. The van der Waals surface area contributed by atoms with Crippen molar-refractivity contribution in [3.63, 3.8) is 0 Å². The molecule has 2 aromatic heterocycles. The lowest BCUT2D eigenvalue weighted by Gasteiger charge is -2.12. The Kier molecular flexibility index (Phi) is 5.62. The molecule has 4 aromatic rings. The van der Waals surface area contributed by atoms with Gasteiger partial charge in [0.15, 0.2) is 16.3 Å². The molecule has 1 amide bonds. The van der Waals surface area contributed by atoms with E-state index in [4.69, 9.17) is 0 Å². The summed E-state index contributed by atoms with van der Waals surface area (Å²) in [5.41, 5.74) is 1.87. The van der Waals surface area contributed by atoms with Gasteiger partial charge in [-0.05, 0) is 17.7 Å². The van der Waals surface area contributed by atoms with E-state index in [1.54, 1.807) is 0 Å². The number of rotatable bonds is 6. The van der Waals surface area contributed by atoms with Gasteiger partial charge >= 0.3 is 0 Å². The molecule has 144 valence electrons. The zero-order chi connectivity index (χ0) is 20.1. The highest BCUT2D eigenvalue weighted by Crippen LogP contribution is 2.18. The van der Waals surface area contributed by atoms with Gasteiger partial charge in [-0.1, -0.05) is 60.3 Å². The third-order valence-electron chi connectivity index (χ3n) is 4.13. The van der Waals surface area contributed by atoms with Crippen LogP contribution in [-0.4, -0.2) is 31.2 Å². The number of para-hydroxylation sites is 1. The standard InChI is InChI=1S/C21H17N5O2S/c27-17(24-16-9-5-2-6-10-16)14-29-21-25-19-18(22-11-12-23-19)20(28)26(21)13-15-7-3-1-4-8-15/h1-12H,13-14H2,(H,24,27). The fraction of sp³-hybridized carbons (Fsp3) is 0.0952. The van der Waals surface area contributed by atoms with E-state index in [-0.39, 0.29) is 28.4 Å². The summed E-state index contributed by atoms with van der Waals surface area (Å²) in [7, 11) is 0. The summed E-state index contributed by atoms with van der Waals surface area (Å²) < 4.78 is 1.53. The first-order chi connectivity index (χ1) is 14.2. The predicted octanol–water partition coefficient (Wildman–Crippen LogP) is 2.97. The van der Waals surface area contributed by atoms with Crippen molar-refractivity contribution in [3.05, 3.63) is 89.0 Å². The average Bonchev–Trinajstić information content (AvgIpc) is 2.76. The maximum absolute atomic E-state index is 13.0. The Morgan fingerprint density at radius 1 is 0.966 bits per heavy atom. The molecule has 0 aliphatic rings. The second-order valence-electron chi connectivity index (χ2n) is 6.20. The van der Waals surface area contributed by atoms with E-state index in [1.165, 1.54) is 28.7 Å². The number of aromatic nitrogens is 4. The summed E-state index contributed by atoms with van der Waals surface area (Å²) in [4.78, 5) is 38.1. The number of thioether (sulfide) groups is 1. The number of anilines is 1. The highest BCUT2D eigenvalue weighted by atomic mass is 32.2. The van der Waals surface area contributed by atoms with Crippen LogP contribution in [-0.2, 0) is 11.3 Å². The topological polar surface area (TPSA) is 89.8 Å². The minimum absolute atomic E-state index is 0.113. The van der Waals surface area contributed by atoms with Gasteiger partial charge in [0.25, 0.3) is 5.56 Å². The lowest BCUT2D eigenvalue weighted by molar-refractivity contribution is -0.113. The number of hydrogen-bond acceptors (Lipinski definition) is 6. The first kappa shape index (κ1) is 18.8. The molecule has 0 saturated heterocycles. The number of hydrogen-bond donors (Lipinski definition) is 1. The van der Waals surface area contributed by atoms with Gasteiger partial charge in [0.2, 0.25) is 5.91 Å². The van der Waals surface area contributed by atoms with E-state index >= 15 is 0 Å². The fourth-order valence-electron chi connectivity index (χ4n) is 2.79. The zero-order valence-corrected chi connectivity index (χ0v) is 16.2. The highest BCUT2D eigenvalue weighted by molar-refractivity contribution is 7.99. The van der Waals surface area contributed by atoms with Crippen molar-refractivity contribution in [1.82, 2.24) is 19.5 Å². The molecule has 0 unspecified atom stereocenters. The van der Waals surface area contributed by atoms with Crippen LogP contribution in [0.3, 0.4) is 0 Å². The molecule has 29 heavy (non-hydrogen) atoms. The molecule has 2 aromatic carbocycles. The Morgan fingerprint density at radius 3 is 2.41 bits per heavy atom. The van der Waals surface area contributed by atoms with Gasteiger partial charge in [0.1, 0.15) is 0 Å². The molecule has 0 aliphatic carbocycles. The van der Waals surface area contributed by atoms with E-state index in [0.717, 1.165) is 11.3 Å². The largest absolute Gasteiger partial charge is 0.325 e. The van der Waals surface area contributed by atoms with Crippen molar-refractivity contribution in [2.75, 3.05) is 11.1 Å². The maximum atomic E-state index is 13.0. The number of nitrogens with zero attached hydrogens (tertiary/aromatic N) is 4. The van der Waals surface area contributed by atoms with E-state index in [0.29, 0.717) is 11.7 Å². The molecular formula is C21H17N5O2S. The van der Waals surface area contributed by atoms with Gasteiger partial charge in [0.05, 0.1) is 12.3 Å². The fourth-order valence-corrected chi connectivity index (χ4v) is 3.58. The molecule has 1 N–H and O–H groups in total. The van der Waals surface area contributed by atoms with Crippen LogP contribution >= 0.6 is 11.8 Å². The van der Waals surface area contributed by atoms with Crippen LogP contribution in [0.2, 0.25) is 0 Å². The van der Waals surface area contributed by atoms with Crippen LogP contribution in [0.1, 0.15) is 5.56 Å². The van der Waals surface area contributed by atoms with Gasteiger partial charge in [-0.2, -0.15) is 0 Å². The molecule has 0 spiro atoms. The number of benzene rings is 2. The summed E-state index contributed by atoms with van der Waals surface area (Å²) in [5.74, 6) is -0.0667. The van der Waals surface area contributed by atoms with Gasteiger partial charge in [-0.3, -0.25) is 14.2 Å². The van der Waals surface area contributed by atoms with Crippen molar-refractivity contribution in [2.24, 2.45) is 0 Å². The zero-order valence-electron chi connectivity index (χ0n) is 15.4. The summed E-state index contributed by atoms with van der Waals surface area (Å²) >= 11 is 1.19. The van der Waals surface area contributed by atoms with Crippen LogP contribution < -0.4 is 10.9 Å². The monoisotopic (exact) mass is 403 g/mol. The molecule has 8 heteroatoms. The first-order valence-electron chi connectivity index (χ1n) is 8.94. The summed E-state index contributed by atoms with van der Waals surface area (Å²) in [5, 5.41) is 3.26. The van der Waals surface area contributed by atoms with Crippen LogP contribution in [0, 0.1) is 0 Å².